The van der Waals surface area contributed by atoms with E-state index in [1.54, 1.807) is 10.9 Å². The number of aliphatic hydroxyl groups is 1. The van der Waals surface area contributed by atoms with E-state index in [2.05, 4.69) is 10.1 Å². The molecule has 2 heterocycles. The lowest BCUT2D eigenvalue weighted by Gasteiger charge is -2.08. The second-order valence-corrected chi connectivity index (χ2v) is 5.16. The molecular weight excluding hydrogens is 296 g/mol. The standard InChI is InChI=1S/C16H18N4O3/c1-12-4-2-3-5-14(12)20-15-13(10-18-20)16(22)19(11-17-15)6-8-23-9-7-21/h2-5,10-11,21H,6-9H2,1H3. The zero-order valence-corrected chi connectivity index (χ0v) is 12.8. The molecule has 0 saturated heterocycles. The largest absolute Gasteiger partial charge is 0.394 e. The summed E-state index contributed by atoms with van der Waals surface area (Å²) in [6.45, 7) is 2.95. The lowest BCUT2D eigenvalue weighted by molar-refractivity contribution is 0.0865. The van der Waals surface area contributed by atoms with Crippen molar-refractivity contribution < 1.29 is 9.84 Å². The minimum Gasteiger partial charge on any atom is -0.394 e. The molecule has 3 rings (SSSR count). The molecule has 0 aliphatic carbocycles. The Bertz CT molecular complexity index is 869. The molecule has 0 spiro atoms. The first-order chi connectivity index (χ1) is 11.2. The Morgan fingerprint density at radius 1 is 1.26 bits per heavy atom. The van der Waals surface area contributed by atoms with E-state index >= 15 is 0 Å². The Kier molecular flexibility index (Phi) is 4.50. The van der Waals surface area contributed by atoms with E-state index in [1.807, 2.05) is 31.2 Å². The molecule has 1 N–H and O–H groups in total. The summed E-state index contributed by atoms with van der Waals surface area (Å²) in [5.41, 5.74) is 2.35. The summed E-state index contributed by atoms with van der Waals surface area (Å²) in [5.74, 6) is 0. The molecule has 120 valence electrons. The maximum absolute atomic E-state index is 12.5. The summed E-state index contributed by atoms with van der Waals surface area (Å²) >= 11 is 0. The summed E-state index contributed by atoms with van der Waals surface area (Å²) in [6, 6.07) is 7.81. The van der Waals surface area contributed by atoms with Crippen LogP contribution in [0.25, 0.3) is 16.7 Å². The third kappa shape index (κ3) is 3.01. The number of ether oxygens (including phenoxy) is 1. The fourth-order valence-corrected chi connectivity index (χ4v) is 2.41. The van der Waals surface area contributed by atoms with Crippen molar-refractivity contribution in [3.8, 4) is 5.69 Å². The van der Waals surface area contributed by atoms with Crippen LogP contribution in [0, 0.1) is 6.92 Å². The molecule has 1 aromatic carbocycles. The minimum absolute atomic E-state index is 0.0324. The van der Waals surface area contributed by atoms with Crippen molar-refractivity contribution >= 4 is 11.0 Å². The predicted molar refractivity (Wildman–Crippen MR) is 85.8 cm³/mol. The maximum atomic E-state index is 12.5. The highest BCUT2D eigenvalue weighted by Crippen LogP contribution is 2.16. The van der Waals surface area contributed by atoms with Gasteiger partial charge in [-0.05, 0) is 18.6 Å². The van der Waals surface area contributed by atoms with Crippen LogP contribution in [-0.4, -0.2) is 44.3 Å². The lowest BCUT2D eigenvalue weighted by Crippen LogP contribution is -2.23. The van der Waals surface area contributed by atoms with Gasteiger partial charge >= 0.3 is 0 Å². The number of hydrogen-bond donors (Lipinski definition) is 1. The Morgan fingerprint density at radius 3 is 2.87 bits per heavy atom. The van der Waals surface area contributed by atoms with Crippen molar-refractivity contribution in [1.82, 2.24) is 19.3 Å². The van der Waals surface area contributed by atoms with Gasteiger partial charge in [-0.15, -0.1) is 0 Å². The van der Waals surface area contributed by atoms with Crippen molar-refractivity contribution in [2.45, 2.75) is 13.5 Å². The van der Waals surface area contributed by atoms with Gasteiger partial charge in [-0.2, -0.15) is 5.10 Å². The molecule has 3 aromatic rings. The number of para-hydroxylation sites is 1. The van der Waals surface area contributed by atoms with Gasteiger partial charge in [0, 0.05) is 0 Å². The van der Waals surface area contributed by atoms with Gasteiger partial charge in [0.05, 0.1) is 38.2 Å². The fraction of sp³-hybridized carbons (Fsp3) is 0.312. The Labute approximate surface area is 132 Å². The van der Waals surface area contributed by atoms with E-state index in [1.165, 1.54) is 10.9 Å². The third-order valence-electron chi connectivity index (χ3n) is 3.61. The van der Waals surface area contributed by atoms with Crippen LogP contribution >= 0.6 is 0 Å². The van der Waals surface area contributed by atoms with Crippen molar-refractivity contribution in [2.75, 3.05) is 19.8 Å². The van der Waals surface area contributed by atoms with Crippen molar-refractivity contribution in [1.29, 1.82) is 0 Å². The van der Waals surface area contributed by atoms with Gasteiger partial charge < -0.3 is 9.84 Å². The highest BCUT2D eigenvalue weighted by Gasteiger charge is 2.12. The summed E-state index contributed by atoms with van der Waals surface area (Å²) in [6.07, 6.45) is 3.05. The molecule has 0 radical (unpaired) electrons. The predicted octanol–water partition coefficient (Wildman–Crippen LogP) is 0.900. The van der Waals surface area contributed by atoms with Crippen molar-refractivity contribution in [2.24, 2.45) is 0 Å². The average Bonchev–Trinajstić information content (AvgIpc) is 2.98. The Balaban J connectivity index is 1.95. The number of aliphatic hydroxyl groups excluding tert-OH is 1. The highest BCUT2D eigenvalue weighted by molar-refractivity contribution is 5.75. The molecule has 0 saturated carbocycles. The van der Waals surface area contributed by atoms with Crippen LogP contribution in [0.1, 0.15) is 5.56 Å². The first kappa shape index (κ1) is 15.4. The maximum Gasteiger partial charge on any atom is 0.264 e. The number of aryl methyl sites for hydroxylation is 1. The van der Waals surface area contributed by atoms with E-state index in [-0.39, 0.29) is 18.8 Å². The van der Waals surface area contributed by atoms with Gasteiger partial charge in [0.1, 0.15) is 11.7 Å². The fourth-order valence-electron chi connectivity index (χ4n) is 2.41. The van der Waals surface area contributed by atoms with Gasteiger partial charge in [0.2, 0.25) is 0 Å². The molecule has 0 bridgehead atoms. The molecule has 7 heteroatoms. The zero-order chi connectivity index (χ0) is 16.2. The van der Waals surface area contributed by atoms with Crippen LogP contribution in [0.3, 0.4) is 0 Å². The molecule has 0 atom stereocenters. The van der Waals surface area contributed by atoms with Crippen LogP contribution in [0.5, 0.6) is 0 Å². The van der Waals surface area contributed by atoms with Crippen LogP contribution in [0.2, 0.25) is 0 Å². The van der Waals surface area contributed by atoms with E-state index in [0.717, 1.165) is 11.3 Å². The Morgan fingerprint density at radius 2 is 2.09 bits per heavy atom. The molecule has 2 aromatic heterocycles. The quantitative estimate of drug-likeness (QED) is 0.684. The van der Waals surface area contributed by atoms with E-state index in [0.29, 0.717) is 24.2 Å². The number of fused-ring (bicyclic) bond motifs is 1. The first-order valence-corrected chi connectivity index (χ1v) is 7.40. The number of hydrogen-bond acceptors (Lipinski definition) is 5. The second-order valence-electron chi connectivity index (χ2n) is 5.16. The number of aromatic nitrogens is 4. The topological polar surface area (TPSA) is 82.2 Å². The first-order valence-electron chi connectivity index (χ1n) is 7.40. The molecule has 0 fully saturated rings. The van der Waals surface area contributed by atoms with Crippen molar-refractivity contribution in [3.63, 3.8) is 0 Å². The van der Waals surface area contributed by atoms with Crippen LogP contribution in [0.4, 0.5) is 0 Å². The number of rotatable bonds is 6. The van der Waals surface area contributed by atoms with Crippen LogP contribution in [0.15, 0.2) is 41.6 Å². The second kappa shape index (κ2) is 6.72. The van der Waals surface area contributed by atoms with Crippen molar-refractivity contribution in [3.05, 3.63) is 52.7 Å². The Hall–Kier alpha value is -2.51. The molecule has 0 unspecified atom stereocenters. The van der Waals surface area contributed by atoms with Gasteiger partial charge in [-0.1, -0.05) is 18.2 Å². The van der Waals surface area contributed by atoms with E-state index in [9.17, 15) is 4.79 Å². The van der Waals surface area contributed by atoms with Gasteiger partial charge in [-0.25, -0.2) is 9.67 Å². The summed E-state index contributed by atoms with van der Waals surface area (Å²) in [5, 5.41) is 13.5. The summed E-state index contributed by atoms with van der Waals surface area (Å²) < 4.78 is 8.35. The monoisotopic (exact) mass is 314 g/mol. The average molecular weight is 314 g/mol. The van der Waals surface area contributed by atoms with Crippen LogP contribution in [-0.2, 0) is 11.3 Å². The smallest absolute Gasteiger partial charge is 0.264 e. The summed E-state index contributed by atoms with van der Waals surface area (Å²) in [4.78, 5) is 16.9. The lowest BCUT2D eigenvalue weighted by atomic mass is 10.2. The number of benzene rings is 1. The van der Waals surface area contributed by atoms with E-state index in [4.69, 9.17) is 9.84 Å². The number of nitrogens with zero attached hydrogens (tertiary/aromatic N) is 4. The van der Waals surface area contributed by atoms with Gasteiger partial charge in [0.15, 0.2) is 5.65 Å². The molecule has 0 aliphatic rings. The van der Waals surface area contributed by atoms with Gasteiger partial charge in [-0.3, -0.25) is 9.36 Å². The zero-order valence-electron chi connectivity index (χ0n) is 12.8. The summed E-state index contributed by atoms with van der Waals surface area (Å²) in [7, 11) is 0. The molecule has 7 nitrogen and oxygen atoms in total. The minimum atomic E-state index is -0.151. The third-order valence-corrected chi connectivity index (χ3v) is 3.61. The normalized spacial score (nSPS) is 11.2. The molecule has 0 amide bonds. The SMILES string of the molecule is Cc1ccccc1-n1ncc2c(=O)n(CCOCCO)cnc21. The molecular formula is C16H18N4O3. The molecule has 0 aliphatic heterocycles. The van der Waals surface area contributed by atoms with E-state index < -0.39 is 0 Å². The highest BCUT2D eigenvalue weighted by atomic mass is 16.5. The molecule has 23 heavy (non-hydrogen) atoms. The van der Waals surface area contributed by atoms with Crippen LogP contribution < -0.4 is 5.56 Å². The van der Waals surface area contributed by atoms with Gasteiger partial charge in [0.25, 0.3) is 5.56 Å².